The Balaban J connectivity index is 2.08. The minimum Gasteiger partial charge on any atom is -0.287 e. The highest BCUT2D eigenvalue weighted by molar-refractivity contribution is 6.33. The molecule has 2 nitrogen and oxygen atoms in total. The number of ketones is 1. The lowest BCUT2D eigenvalue weighted by molar-refractivity contribution is 0.103. The molecule has 4 rings (SSSR count). The van der Waals surface area contributed by atoms with Gasteiger partial charge in [-0.3, -0.25) is 9.78 Å². The van der Waals surface area contributed by atoms with Gasteiger partial charge in [0, 0.05) is 21.8 Å². The zero-order chi connectivity index (χ0) is 16.7. The van der Waals surface area contributed by atoms with Crippen molar-refractivity contribution in [3.05, 3.63) is 88.2 Å². The van der Waals surface area contributed by atoms with Gasteiger partial charge in [0.25, 0.3) is 0 Å². The Morgan fingerprint density at radius 3 is 2.29 bits per heavy atom. The number of hydrogen-bond acceptors (Lipinski definition) is 2. The van der Waals surface area contributed by atoms with E-state index in [2.05, 4.69) is 4.98 Å². The van der Waals surface area contributed by atoms with Crippen molar-refractivity contribution in [3.8, 4) is 0 Å². The lowest BCUT2D eigenvalue weighted by atomic mass is 9.94. The highest BCUT2D eigenvalue weighted by Gasteiger charge is 2.16. The van der Waals surface area contributed by atoms with Gasteiger partial charge in [-0.2, -0.15) is 0 Å². The van der Waals surface area contributed by atoms with Crippen LogP contribution in [-0.2, 0) is 0 Å². The van der Waals surface area contributed by atoms with Crippen LogP contribution in [0.4, 0.5) is 0 Å². The number of carbonyl (C=O) groups is 1. The average Bonchev–Trinajstić information content (AvgIpc) is 2.60. The third kappa shape index (κ3) is 2.54. The van der Waals surface area contributed by atoms with Crippen LogP contribution in [0.2, 0.25) is 10.0 Å². The van der Waals surface area contributed by atoms with E-state index < -0.39 is 0 Å². The zero-order valence-corrected chi connectivity index (χ0v) is 14.0. The molecule has 0 radical (unpaired) electrons. The maximum Gasteiger partial charge on any atom is 0.211 e. The largest absolute Gasteiger partial charge is 0.287 e. The lowest BCUT2D eigenvalue weighted by Gasteiger charge is -2.10. The van der Waals surface area contributed by atoms with Crippen molar-refractivity contribution in [2.75, 3.05) is 0 Å². The predicted molar refractivity (Wildman–Crippen MR) is 99.1 cm³/mol. The molecule has 0 amide bonds. The molecule has 3 aromatic carbocycles. The van der Waals surface area contributed by atoms with Gasteiger partial charge in [-0.15, -0.1) is 0 Å². The Morgan fingerprint density at radius 2 is 1.54 bits per heavy atom. The summed E-state index contributed by atoms with van der Waals surface area (Å²) in [4.78, 5) is 17.1. The molecule has 0 atom stereocenters. The number of benzene rings is 3. The number of pyridine rings is 1. The Labute approximate surface area is 148 Å². The molecule has 0 aliphatic heterocycles. The molecule has 4 heteroatoms. The lowest BCUT2D eigenvalue weighted by Crippen LogP contribution is -2.04. The van der Waals surface area contributed by atoms with E-state index in [0.29, 0.717) is 21.3 Å². The Hall–Kier alpha value is -2.42. The van der Waals surface area contributed by atoms with Crippen LogP contribution >= 0.6 is 23.2 Å². The van der Waals surface area contributed by atoms with Crippen LogP contribution in [0, 0.1) is 0 Å². The second-order valence-electron chi connectivity index (χ2n) is 5.52. The van der Waals surface area contributed by atoms with Crippen molar-refractivity contribution >= 4 is 50.5 Å². The van der Waals surface area contributed by atoms with Crippen LogP contribution in [0.5, 0.6) is 0 Å². The summed E-state index contributed by atoms with van der Waals surface area (Å²) in [5, 5.41) is 4.94. The van der Waals surface area contributed by atoms with Crippen molar-refractivity contribution in [3.63, 3.8) is 0 Å². The maximum atomic E-state index is 12.9. The van der Waals surface area contributed by atoms with E-state index in [1.807, 2.05) is 36.4 Å². The average molecular weight is 352 g/mol. The maximum absolute atomic E-state index is 12.9. The number of fused-ring (bicyclic) bond motifs is 3. The van der Waals surface area contributed by atoms with E-state index in [0.717, 1.165) is 21.5 Å². The van der Waals surface area contributed by atoms with Crippen LogP contribution < -0.4 is 0 Å². The van der Waals surface area contributed by atoms with Crippen molar-refractivity contribution in [1.82, 2.24) is 4.98 Å². The minimum atomic E-state index is -0.121. The standard InChI is InChI=1S/C20H11Cl2NO/c21-13-4-6-15-12(9-13)10-18(16-7-5-14(22)11-17(15)16)20(24)19-3-1-2-8-23-19/h1-11H. The number of aromatic nitrogens is 1. The van der Waals surface area contributed by atoms with Crippen LogP contribution in [0.3, 0.4) is 0 Å². The zero-order valence-electron chi connectivity index (χ0n) is 12.5. The molecule has 0 saturated carbocycles. The van der Waals surface area contributed by atoms with E-state index in [-0.39, 0.29) is 5.78 Å². The van der Waals surface area contributed by atoms with E-state index >= 15 is 0 Å². The number of halogens is 2. The molecule has 4 aromatic rings. The highest BCUT2D eigenvalue weighted by Crippen LogP contribution is 2.33. The van der Waals surface area contributed by atoms with E-state index in [1.54, 1.807) is 30.5 Å². The molecule has 1 aromatic heterocycles. The number of carbonyl (C=O) groups excluding carboxylic acids is 1. The first kappa shape index (κ1) is 15.1. The van der Waals surface area contributed by atoms with Crippen molar-refractivity contribution in [2.24, 2.45) is 0 Å². The molecule has 0 N–H and O–H groups in total. The van der Waals surface area contributed by atoms with Crippen molar-refractivity contribution < 1.29 is 4.79 Å². The SMILES string of the molecule is O=C(c1ccccn1)c1cc2cc(Cl)ccc2c2cc(Cl)ccc12. The van der Waals surface area contributed by atoms with Gasteiger partial charge in [-0.25, -0.2) is 0 Å². The second-order valence-corrected chi connectivity index (χ2v) is 6.40. The second kappa shape index (κ2) is 5.90. The summed E-state index contributed by atoms with van der Waals surface area (Å²) >= 11 is 12.3. The van der Waals surface area contributed by atoms with Gasteiger partial charge in [-0.05, 0) is 64.0 Å². The van der Waals surface area contributed by atoms with E-state index in [9.17, 15) is 4.79 Å². The first-order valence-corrected chi connectivity index (χ1v) is 8.16. The molecule has 0 unspecified atom stereocenters. The smallest absolute Gasteiger partial charge is 0.211 e. The van der Waals surface area contributed by atoms with Gasteiger partial charge < -0.3 is 0 Å². The van der Waals surface area contributed by atoms with Crippen LogP contribution in [0.1, 0.15) is 16.1 Å². The topological polar surface area (TPSA) is 30.0 Å². The van der Waals surface area contributed by atoms with Crippen LogP contribution in [-0.4, -0.2) is 10.8 Å². The van der Waals surface area contributed by atoms with Gasteiger partial charge in [0.1, 0.15) is 5.69 Å². The predicted octanol–water partition coefficient (Wildman–Crippen LogP) is 5.93. The highest BCUT2D eigenvalue weighted by atomic mass is 35.5. The Bertz CT molecular complexity index is 1090. The van der Waals surface area contributed by atoms with E-state index in [4.69, 9.17) is 23.2 Å². The normalized spacial score (nSPS) is 11.1. The molecule has 0 aliphatic carbocycles. The summed E-state index contributed by atoms with van der Waals surface area (Å²) in [5.74, 6) is -0.121. The summed E-state index contributed by atoms with van der Waals surface area (Å²) < 4.78 is 0. The first-order valence-electron chi connectivity index (χ1n) is 7.41. The van der Waals surface area contributed by atoms with Crippen molar-refractivity contribution in [2.45, 2.75) is 0 Å². The van der Waals surface area contributed by atoms with E-state index in [1.165, 1.54) is 0 Å². The molecule has 116 valence electrons. The third-order valence-corrected chi connectivity index (χ3v) is 4.49. The van der Waals surface area contributed by atoms with Crippen LogP contribution in [0.25, 0.3) is 21.5 Å². The summed E-state index contributed by atoms with van der Waals surface area (Å²) in [6, 6.07) is 18.4. The first-order chi connectivity index (χ1) is 11.6. The fraction of sp³-hybridized carbons (Fsp3) is 0. The van der Waals surface area contributed by atoms with Crippen LogP contribution in [0.15, 0.2) is 66.9 Å². The molecular formula is C20H11Cl2NO. The summed E-state index contributed by atoms with van der Waals surface area (Å²) in [7, 11) is 0. The number of hydrogen-bond donors (Lipinski definition) is 0. The fourth-order valence-corrected chi connectivity index (χ4v) is 3.28. The molecule has 0 saturated heterocycles. The Kier molecular flexibility index (Phi) is 3.72. The fourth-order valence-electron chi connectivity index (χ4n) is 2.93. The van der Waals surface area contributed by atoms with Crippen molar-refractivity contribution in [1.29, 1.82) is 0 Å². The monoisotopic (exact) mass is 351 g/mol. The summed E-state index contributed by atoms with van der Waals surface area (Å²) in [5.41, 5.74) is 1.00. The minimum absolute atomic E-state index is 0.121. The number of rotatable bonds is 2. The summed E-state index contributed by atoms with van der Waals surface area (Å²) in [6.07, 6.45) is 1.62. The van der Waals surface area contributed by atoms with Gasteiger partial charge >= 0.3 is 0 Å². The molecular weight excluding hydrogens is 341 g/mol. The van der Waals surface area contributed by atoms with Gasteiger partial charge in [0.2, 0.25) is 5.78 Å². The molecule has 0 spiro atoms. The van der Waals surface area contributed by atoms with Gasteiger partial charge in [-0.1, -0.05) is 41.4 Å². The van der Waals surface area contributed by atoms with Gasteiger partial charge in [0.05, 0.1) is 0 Å². The Morgan fingerprint density at radius 1 is 0.792 bits per heavy atom. The van der Waals surface area contributed by atoms with Gasteiger partial charge in [0.15, 0.2) is 0 Å². The molecule has 0 bridgehead atoms. The number of nitrogens with zero attached hydrogens (tertiary/aromatic N) is 1. The molecule has 0 aliphatic rings. The quantitative estimate of drug-likeness (QED) is 0.331. The third-order valence-electron chi connectivity index (χ3n) is 4.02. The molecule has 0 fully saturated rings. The molecule has 24 heavy (non-hydrogen) atoms. The molecule has 1 heterocycles. The summed E-state index contributed by atoms with van der Waals surface area (Å²) in [6.45, 7) is 0.